The SMILES string of the molecule is CC(C)NCc1ccc(N2CCC(C(C)(C)C)C2)cc1. The van der Waals surface area contributed by atoms with Crippen LogP contribution in [0, 0.1) is 11.3 Å². The monoisotopic (exact) mass is 274 g/mol. The third-order valence-electron chi connectivity index (χ3n) is 4.43. The molecule has 0 saturated carbocycles. The van der Waals surface area contributed by atoms with Gasteiger partial charge in [-0.3, -0.25) is 0 Å². The Morgan fingerprint density at radius 1 is 1.20 bits per heavy atom. The lowest BCUT2D eigenvalue weighted by Gasteiger charge is -2.27. The van der Waals surface area contributed by atoms with E-state index in [1.165, 1.54) is 30.8 Å². The van der Waals surface area contributed by atoms with Gasteiger partial charge in [0.1, 0.15) is 0 Å². The molecule has 1 aromatic carbocycles. The first-order valence-electron chi connectivity index (χ1n) is 7.93. The van der Waals surface area contributed by atoms with Crippen LogP contribution < -0.4 is 10.2 Å². The van der Waals surface area contributed by atoms with Crippen molar-refractivity contribution < 1.29 is 0 Å². The maximum absolute atomic E-state index is 3.46. The number of hydrogen-bond acceptors (Lipinski definition) is 2. The maximum atomic E-state index is 3.46. The molecule has 1 unspecified atom stereocenters. The van der Waals surface area contributed by atoms with Crippen LogP contribution in [0.25, 0.3) is 0 Å². The second-order valence-electron chi connectivity index (χ2n) is 7.50. The Labute approximate surface area is 124 Å². The summed E-state index contributed by atoms with van der Waals surface area (Å²) < 4.78 is 0. The minimum absolute atomic E-state index is 0.426. The van der Waals surface area contributed by atoms with Gasteiger partial charge in [0.25, 0.3) is 0 Å². The number of nitrogens with one attached hydrogen (secondary N) is 1. The summed E-state index contributed by atoms with van der Waals surface area (Å²) in [5.74, 6) is 0.810. The van der Waals surface area contributed by atoms with E-state index in [4.69, 9.17) is 0 Å². The second-order valence-corrected chi connectivity index (χ2v) is 7.50. The smallest absolute Gasteiger partial charge is 0.0366 e. The Hall–Kier alpha value is -1.02. The molecular weight excluding hydrogens is 244 g/mol. The number of anilines is 1. The predicted molar refractivity (Wildman–Crippen MR) is 88.2 cm³/mol. The van der Waals surface area contributed by atoms with E-state index in [2.05, 4.69) is 69.1 Å². The number of rotatable bonds is 4. The topological polar surface area (TPSA) is 15.3 Å². The molecule has 112 valence electrons. The number of hydrogen-bond donors (Lipinski definition) is 1. The molecule has 1 aromatic rings. The van der Waals surface area contributed by atoms with Crippen molar-refractivity contribution in [3.8, 4) is 0 Å². The van der Waals surface area contributed by atoms with Gasteiger partial charge in [-0.25, -0.2) is 0 Å². The summed E-state index contributed by atoms with van der Waals surface area (Å²) in [5.41, 5.74) is 3.18. The van der Waals surface area contributed by atoms with E-state index in [1.54, 1.807) is 0 Å². The Bertz CT molecular complexity index is 414. The third-order valence-corrected chi connectivity index (χ3v) is 4.43. The average molecular weight is 274 g/mol. The molecule has 2 heteroatoms. The normalized spacial score (nSPS) is 19.9. The molecule has 0 bridgehead atoms. The summed E-state index contributed by atoms with van der Waals surface area (Å²) in [6.45, 7) is 14.8. The van der Waals surface area contributed by atoms with Gasteiger partial charge in [-0.1, -0.05) is 46.8 Å². The molecular formula is C18H30N2. The lowest BCUT2D eigenvalue weighted by molar-refractivity contribution is 0.263. The molecule has 1 saturated heterocycles. The van der Waals surface area contributed by atoms with E-state index < -0.39 is 0 Å². The summed E-state index contributed by atoms with van der Waals surface area (Å²) in [5, 5.41) is 3.46. The third kappa shape index (κ3) is 3.99. The highest BCUT2D eigenvalue weighted by atomic mass is 15.2. The minimum Gasteiger partial charge on any atom is -0.371 e. The van der Waals surface area contributed by atoms with Crippen LogP contribution in [0.1, 0.15) is 46.6 Å². The molecule has 0 aliphatic carbocycles. The molecule has 1 aliphatic heterocycles. The molecule has 20 heavy (non-hydrogen) atoms. The van der Waals surface area contributed by atoms with E-state index in [9.17, 15) is 0 Å². The van der Waals surface area contributed by atoms with Gasteiger partial charge in [-0.15, -0.1) is 0 Å². The zero-order valence-electron chi connectivity index (χ0n) is 13.7. The largest absolute Gasteiger partial charge is 0.371 e. The first kappa shape index (κ1) is 15.4. The fraction of sp³-hybridized carbons (Fsp3) is 0.667. The average Bonchev–Trinajstić information content (AvgIpc) is 2.86. The molecule has 0 radical (unpaired) electrons. The second kappa shape index (κ2) is 6.17. The summed E-state index contributed by atoms with van der Waals surface area (Å²) in [6.07, 6.45) is 1.32. The first-order valence-corrected chi connectivity index (χ1v) is 7.93. The molecule has 0 amide bonds. The Kier molecular flexibility index (Phi) is 4.74. The van der Waals surface area contributed by atoms with Crippen molar-refractivity contribution >= 4 is 5.69 Å². The van der Waals surface area contributed by atoms with Crippen LogP contribution in [-0.4, -0.2) is 19.1 Å². The van der Waals surface area contributed by atoms with Gasteiger partial charge >= 0.3 is 0 Å². The number of nitrogens with zero attached hydrogens (tertiary/aromatic N) is 1. The first-order chi connectivity index (χ1) is 9.36. The highest BCUT2D eigenvalue weighted by Gasteiger charge is 2.31. The van der Waals surface area contributed by atoms with Crippen molar-refractivity contribution in [3.63, 3.8) is 0 Å². The highest BCUT2D eigenvalue weighted by molar-refractivity contribution is 5.48. The molecule has 2 nitrogen and oxygen atoms in total. The van der Waals surface area contributed by atoms with Gasteiger partial charge in [-0.05, 0) is 35.4 Å². The van der Waals surface area contributed by atoms with E-state index in [-0.39, 0.29) is 0 Å². The van der Waals surface area contributed by atoms with Crippen LogP contribution in [-0.2, 0) is 6.54 Å². The fourth-order valence-electron chi connectivity index (χ4n) is 2.85. The summed E-state index contributed by atoms with van der Waals surface area (Å²) in [7, 11) is 0. The van der Waals surface area contributed by atoms with Crippen molar-refractivity contribution in [2.45, 2.75) is 53.6 Å². The van der Waals surface area contributed by atoms with Crippen LogP contribution in [0.5, 0.6) is 0 Å². The van der Waals surface area contributed by atoms with E-state index in [1.807, 2.05) is 0 Å². The van der Waals surface area contributed by atoms with Crippen molar-refractivity contribution in [3.05, 3.63) is 29.8 Å². The van der Waals surface area contributed by atoms with Crippen LogP contribution >= 0.6 is 0 Å². The fourth-order valence-corrected chi connectivity index (χ4v) is 2.85. The standard InChI is InChI=1S/C18H30N2/c1-14(2)19-12-15-6-8-17(9-7-15)20-11-10-16(13-20)18(3,4)5/h6-9,14,16,19H,10-13H2,1-5H3. The molecule has 1 fully saturated rings. The summed E-state index contributed by atoms with van der Waals surface area (Å²) in [4.78, 5) is 2.54. The van der Waals surface area contributed by atoms with Gasteiger partial charge in [0.05, 0.1) is 0 Å². The summed E-state index contributed by atoms with van der Waals surface area (Å²) in [6, 6.07) is 9.62. The molecule has 1 N–H and O–H groups in total. The summed E-state index contributed by atoms with van der Waals surface area (Å²) >= 11 is 0. The van der Waals surface area contributed by atoms with Gasteiger partial charge in [0.15, 0.2) is 0 Å². The molecule has 1 atom stereocenters. The van der Waals surface area contributed by atoms with Crippen molar-refractivity contribution in [1.29, 1.82) is 0 Å². The molecule has 0 spiro atoms. The lowest BCUT2D eigenvalue weighted by atomic mass is 9.80. The van der Waals surface area contributed by atoms with Crippen molar-refractivity contribution in [1.82, 2.24) is 5.32 Å². The van der Waals surface area contributed by atoms with E-state index >= 15 is 0 Å². The highest BCUT2D eigenvalue weighted by Crippen LogP contribution is 2.35. The zero-order chi connectivity index (χ0) is 14.8. The molecule has 1 aliphatic rings. The molecule has 2 rings (SSSR count). The van der Waals surface area contributed by atoms with Gasteiger partial charge in [0, 0.05) is 31.4 Å². The van der Waals surface area contributed by atoms with Crippen LogP contribution in [0.3, 0.4) is 0 Å². The lowest BCUT2D eigenvalue weighted by Crippen LogP contribution is -2.25. The zero-order valence-corrected chi connectivity index (χ0v) is 13.7. The quantitative estimate of drug-likeness (QED) is 0.891. The Balaban J connectivity index is 1.94. The maximum Gasteiger partial charge on any atom is 0.0366 e. The van der Waals surface area contributed by atoms with Crippen LogP contribution in [0.15, 0.2) is 24.3 Å². The molecule has 1 heterocycles. The van der Waals surface area contributed by atoms with Crippen LogP contribution in [0.2, 0.25) is 0 Å². The number of benzene rings is 1. The van der Waals surface area contributed by atoms with Crippen molar-refractivity contribution in [2.75, 3.05) is 18.0 Å². The van der Waals surface area contributed by atoms with E-state index in [0.29, 0.717) is 11.5 Å². The van der Waals surface area contributed by atoms with Gasteiger partial charge in [-0.2, -0.15) is 0 Å². The van der Waals surface area contributed by atoms with Crippen LogP contribution in [0.4, 0.5) is 5.69 Å². The predicted octanol–water partition coefficient (Wildman–Crippen LogP) is 4.06. The van der Waals surface area contributed by atoms with E-state index in [0.717, 1.165) is 12.5 Å². The minimum atomic E-state index is 0.426. The van der Waals surface area contributed by atoms with Gasteiger partial charge < -0.3 is 10.2 Å². The Morgan fingerprint density at radius 2 is 1.85 bits per heavy atom. The van der Waals surface area contributed by atoms with Gasteiger partial charge in [0.2, 0.25) is 0 Å². The Morgan fingerprint density at radius 3 is 2.35 bits per heavy atom. The van der Waals surface area contributed by atoms with Crippen molar-refractivity contribution in [2.24, 2.45) is 11.3 Å². The molecule has 0 aromatic heterocycles.